The minimum atomic E-state index is -0.892. The number of fused-ring (bicyclic) bond motifs is 1. The maximum atomic E-state index is 12.3. The number of hydrogen-bond donors (Lipinski definition) is 2. The van der Waals surface area contributed by atoms with Crippen molar-refractivity contribution in [2.75, 3.05) is 0 Å². The number of hydrogen-bond acceptors (Lipinski definition) is 4. The average molecular weight is 285 g/mol. The lowest BCUT2D eigenvalue weighted by Gasteiger charge is -2.16. The molecule has 108 valence electrons. The predicted molar refractivity (Wildman–Crippen MR) is 75.8 cm³/mol. The number of carbonyl (C=O) groups is 2. The molecule has 1 aromatic heterocycles. The van der Waals surface area contributed by atoms with Crippen LogP contribution < -0.4 is 5.32 Å². The second-order valence-corrected chi connectivity index (χ2v) is 5.28. The van der Waals surface area contributed by atoms with Gasteiger partial charge in [-0.05, 0) is 37.0 Å². The first-order valence-corrected chi connectivity index (χ1v) is 6.87. The van der Waals surface area contributed by atoms with Gasteiger partial charge < -0.3 is 10.4 Å². The van der Waals surface area contributed by atoms with Gasteiger partial charge in [0.05, 0.1) is 17.5 Å². The molecule has 1 saturated carbocycles. The van der Waals surface area contributed by atoms with Gasteiger partial charge >= 0.3 is 5.97 Å². The van der Waals surface area contributed by atoms with E-state index >= 15 is 0 Å². The number of rotatable bonds is 5. The smallest absolute Gasteiger partial charge is 0.305 e. The largest absolute Gasteiger partial charge is 0.481 e. The van der Waals surface area contributed by atoms with Gasteiger partial charge in [-0.2, -0.15) is 0 Å². The fraction of sp³-hybridized carbons (Fsp3) is 0.333. The molecular weight excluding hydrogens is 270 g/mol. The van der Waals surface area contributed by atoms with Crippen LogP contribution in [-0.4, -0.2) is 33.0 Å². The molecule has 1 aliphatic rings. The van der Waals surface area contributed by atoms with Gasteiger partial charge in [-0.1, -0.05) is 0 Å². The third-order valence-corrected chi connectivity index (χ3v) is 3.63. The molecule has 1 fully saturated rings. The molecule has 2 aromatic rings. The summed E-state index contributed by atoms with van der Waals surface area (Å²) < 4.78 is 0. The fourth-order valence-corrected chi connectivity index (χ4v) is 2.38. The number of aliphatic carboxylic acids is 1. The van der Waals surface area contributed by atoms with Crippen molar-refractivity contribution in [3.63, 3.8) is 0 Å². The molecular formula is C15H15N3O3. The summed E-state index contributed by atoms with van der Waals surface area (Å²) in [6, 6.07) is 4.78. The SMILES string of the molecule is O=C(O)CC(NC(=O)c1ccc2nccnc2c1)C1CC1. The average Bonchev–Trinajstić information content (AvgIpc) is 3.30. The van der Waals surface area contributed by atoms with Crippen molar-refractivity contribution in [3.8, 4) is 0 Å². The summed E-state index contributed by atoms with van der Waals surface area (Å²) in [5.74, 6) is -0.873. The van der Waals surface area contributed by atoms with Crippen molar-refractivity contribution in [1.29, 1.82) is 0 Å². The van der Waals surface area contributed by atoms with Crippen LogP contribution in [0.3, 0.4) is 0 Å². The summed E-state index contributed by atoms with van der Waals surface area (Å²) in [5.41, 5.74) is 1.84. The Morgan fingerprint density at radius 3 is 2.62 bits per heavy atom. The minimum absolute atomic E-state index is 0.0379. The number of nitrogens with zero attached hydrogens (tertiary/aromatic N) is 2. The number of carbonyl (C=O) groups excluding carboxylic acids is 1. The van der Waals surface area contributed by atoms with Crippen LogP contribution in [0.15, 0.2) is 30.6 Å². The van der Waals surface area contributed by atoms with E-state index in [0.717, 1.165) is 18.4 Å². The number of carboxylic acid groups (broad SMARTS) is 1. The van der Waals surface area contributed by atoms with Crippen molar-refractivity contribution in [2.24, 2.45) is 5.92 Å². The second kappa shape index (κ2) is 5.47. The lowest BCUT2D eigenvalue weighted by atomic mass is 10.1. The van der Waals surface area contributed by atoms with E-state index in [2.05, 4.69) is 15.3 Å². The van der Waals surface area contributed by atoms with Crippen LogP contribution in [0.5, 0.6) is 0 Å². The van der Waals surface area contributed by atoms with Crippen LogP contribution in [0.1, 0.15) is 29.6 Å². The Bertz CT molecular complexity index is 697. The van der Waals surface area contributed by atoms with E-state index in [0.29, 0.717) is 11.1 Å². The first-order valence-electron chi connectivity index (χ1n) is 6.87. The van der Waals surface area contributed by atoms with Crippen molar-refractivity contribution < 1.29 is 14.7 Å². The highest BCUT2D eigenvalue weighted by Crippen LogP contribution is 2.34. The highest BCUT2D eigenvalue weighted by Gasteiger charge is 2.33. The highest BCUT2D eigenvalue weighted by atomic mass is 16.4. The molecule has 1 heterocycles. The Labute approximate surface area is 121 Å². The molecule has 1 atom stereocenters. The van der Waals surface area contributed by atoms with Gasteiger partial charge in [0, 0.05) is 24.0 Å². The van der Waals surface area contributed by atoms with E-state index in [-0.39, 0.29) is 24.3 Å². The molecule has 6 nitrogen and oxygen atoms in total. The summed E-state index contributed by atoms with van der Waals surface area (Å²) in [6.07, 6.45) is 5.08. The van der Waals surface area contributed by atoms with E-state index in [9.17, 15) is 9.59 Å². The Morgan fingerprint density at radius 2 is 1.95 bits per heavy atom. The number of aromatic nitrogens is 2. The molecule has 0 saturated heterocycles. The van der Waals surface area contributed by atoms with E-state index in [1.54, 1.807) is 30.6 Å². The van der Waals surface area contributed by atoms with Gasteiger partial charge in [0.15, 0.2) is 0 Å². The van der Waals surface area contributed by atoms with E-state index < -0.39 is 5.97 Å². The highest BCUT2D eigenvalue weighted by molar-refractivity contribution is 5.97. The molecule has 1 aromatic carbocycles. The molecule has 6 heteroatoms. The number of nitrogens with one attached hydrogen (secondary N) is 1. The van der Waals surface area contributed by atoms with Crippen LogP contribution in [-0.2, 0) is 4.79 Å². The molecule has 2 N–H and O–H groups in total. The molecule has 3 rings (SSSR count). The topological polar surface area (TPSA) is 92.2 Å². The zero-order chi connectivity index (χ0) is 14.8. The third-order valence-electron chi connectivity index (χ3n) is 3.63. The van der Waals surface area contributed by atoms with Crippen molar-refractivity contribution in [2.45, 2.75) is 25.3 Å². The first-order chi connectivity index (χ1) is 10.1. The van der Waals surface area contributed by atoms with Crippen molar-refractivity contribution in [1.82, 2.24) is 15.3 Å². The summed E-state index contributed by atoms with van der Waals surface area (Å²) in [7, 11) is 0. The zero-order valence-electron chi connectivity index (χ0n) is 11.3. The Kier molecular flexibility index (Phi) is 3.51. The Balaban J connectivity index is 1.77. The monoisotopic (exact) mass is 285 g/mol. The molecule has 0 radical (unpaired) electrons. The molecule has 21 heavy (non-hydrogen) atoms. The van der Waals surface area contributed by atoms with Gasteiger partial charge in [0.25, 0.3) is 5.91 Å². The molecule has 0 spiro atoms. The van der Waals surface area contributed by atoms with Gasteiger partial charge in [0.1, 0.15) is 0 Å². The Hall–Kier alpha value is -2.50. The molecule has 0 aliphatic heterocycles. The Morgan fingerprint density at radius 1 is 1.24 bits per heavy atom. The van der Waals surface area contributed by atoms with Crippen molar-refractivity contribution >= 4 is 22.9 Å². The standard InChI is InChI=1S/C15H15N3O3/c19-14(20)8-12(9-1-2-9)18-15(21)10-3-4-11-13(7-10)17-6-5-16-11/h3-7,9,12H,1-2,8H2,(H,18,21)(H,19,20). The molecule has 1 aliphatic carbocycles. The van der Waals surface area contributed by atoms with E-state index in [1.807, 2.05) is 0 Å². The summed E-state index contributed by atoms with van der Waals surface area (Å²) >= 11 is 0. The zero-order valence-corrected chi connectivity index (χ0v) is 11.3. The van der Waals surface area contributed by atoms with Crippen molar-refractivity contribution in [3.05, 3.63) is 36.2 Å². The number of amides is 1. The fourth-order valence-electron chi connectivity index (χ4n) is 2.38. The predicted octanol–water partition coefficient (Wildman–Crippen LogP) is 1.61. The lowest BCUT2D eigenvalue weighted by Crippen LogP contribution is -2.38. The molecule has 1 amide bonds. The number of carboxylic acids is 1. The van der Waals surface area contributed by atoms with E-state index in [1.165, 1.54) is 0 Å². The maximum absolute atomic E-state index is 12.3. The second-order valence-electron chi connectivity index (χ2n) is 5.28. The van der Waals surface area contributed by atoms with Crippen LogP contribution in [0.4, 0.5) is 0 Å². The van der Waals surface area contributed by atoms with Crippen LogP contribution in [0.2, 0.25) is 0 Å². The summed E-state index contributed by atoms with van der Waals surface area (Å²) in [6.45, 7) is 0. The van der Waals surface area contributed by atoms with Gasteiger partial charge in [0.2, 0.25) is 0 Å². The normalized spacial score (nSPS) is 15.6. The maximum Gasteiger partial charge on any atom is 0.305 e. The minimum Gasteiger partial charge on any atom is -0.481 e. The van der Waals surface area contributed by atoms with Crippen LogP contribution in [0.25, 0.3) is 11.0 Å². The van der Waals surface area contributed by atoms with Crippen LogP contribution in [0, 0.1) is 5.92 Å². The third kappa shape index (κ3) is 3.16. The number of benzene rings is 1. The summed E-state index contributed by atoms with van der Waals surface area (Å²) in [5, 5.41) is 11.7. The first kappa shape index (κ1) is 13.5. The quantitative estimate of drug-likeness (QED) is 0.870. The van der Waals surface area contributed by atoms with Gasteiger partial charge in [-0.25, -0.2) is 0 Å². The molecule has 0 bridgehead atoms. The lowest BCUT2D eigenvalue weighted by molar-refractivity contribution is -0.137. The van der Waals surface area contributed by atoms with Gasteiger partial charge in [-0.3, -0.25) is 19.6 Å². The van der Waals surface area contributed by atoms with E-state index in [4.69, 9.17) is 5.11 Å². The van der Waals surface area contributed by atoms with Crippen LogP contribution >= 0.6 is 0 Å². The summed E-state index contributed by atoms with van der Waals surface area (Å²) in [4.78, 5) is 31.4. The molecule has 1 unspecified atom stereocenters. The van der Waals surface area contributed by atoms with Gasteiger partial charge in [-0.15, -0.1) is 0 Å².